The maximum atomic E-state index is 8.82. The third-order valence-electron chi connectivity index (χ3n) is 1.85. The molecule has 0 aromatic heterocycles. The van der Waals surface area contributed by atoms with E-state index >= 15 is 0 Å². The highest BCUT2D eigenvalue weighted by Crippen LogP contribution is 2.14. The molecule has 0 fully saturated rings. The van der Waals surface area contributed by atoms with Crippen LogP contribution in [-0.4, -0.2) is 0 Å². The van der Waals surface area contributed by atoms with E-state index in [1.54, 1.807) is 0 Å². The number of nitrogens with zero attached hydrogens (tertiary/aromatic N) is 1. The van der Waals surface area contributed by atoms with Crippen molar-refractivity contribution in [2.45, 2.75) is 17.8 Å². The molecule has 0 N–H and O–H groups in total. The summed E-state index contributed by atoms with van der Waals surface area (Å²) < 4.78 is 0.907. The quantitative estimate of drug-likeness (QED) is 0.599. The zero-order valence-electron chi connectivity index (χ0n) is 6.97. The molecular formula is C10H10IN. The number of halogens is 1. The molecule has 1 aromatic rings. The summed E-state index contributed by atoms with van der Waals surface area (Å²) >= 11 is 2.27. The second-order valence-corrected chi connectivity index (χ2v) is 3.35. The van der Waals surface area contributed by atoms with Gasteiger partial charge in [-0.1, -0.05) is 41.6 Å². The summed E-state index contributed by atoms with van der Waals surface area (Å²) in [7, 11) is 0. The smallest absolute Gasteiger partial charge is 0.0994 e. The lowest BCUT2D eigenvalue weighted by atomic mass is 10.0. The average molecular weight is 271 g/mol. The first-order chi connectivity index (χ1) is 5.81. The molecule has 12 heavy (non-hydrogen) atoms. The molecule has 1 nitrogen and oxygen atoms in total. The molecule has 0 saturated heterocycles. The van der Waals surface area contributed by atoms with Crippen LogP contribution in [0.1, 0.15) is 23.6 Å². The Bertz CT molecular complexity index is 312. The first-order valence-electron chi connectivity index (χ1n) is 3.89. The van der Waals surface area contributed by atoms with Crippen molar-refractivity contribution in [1.29, 1.82) is 5.26 Å². The van der Waals surface area contributed by atoms with Gasteiger partial charge in [0.2, 0.25) is 0 Å². The lowest BCUT2D eigenvalue weighted by molar-refractivity contribution is 1.13. The van der Waals surface area contributed by atoms with Gasteiger partial charge in [-0.15, -0.1) is 0 Å². The standard InChI is InChI=1S/C10H10IN/c1-2-8-3-4-9(6-11)10(5-8)7-12/h3-5H,2,6H2,1H3. The molecule has 1 rings (SSSR count). The van der Waals surface area contributed by atoms with Crippen molar-refractivity contribution < 1.29 is 0 Å². The monoisotopic (exact) mass is 271 g/mol. The van der Waals surface area contributed by atoms with Crippen molar-refractivity contribution in [3.05, 3.63) is 34.9 Å². The maximum absolute atomic E-state index is 8.82. The molecule has 0 aliphatic rings. The fourth-order valence-electron chi connectivity index (χ4n) is 1.06. The van der Waals surface area contributed by atoms with Crippen LogP contribution in [-0.2, 0) is 10.8 Å². The van der Waals surface area contributed by atoms with Gasteiger partial charge in [0.15, 0.2) is 0 Å². The van der Waals surface area contributed by atoms with Crippen molar-refractivity contribution in [2.75, 3.05) is 0 Å². The molecule has 62 valence electrons. The summed E-state index contributed by atoms with van der Waals surface area (Å²) in [6.07, 6.45) is 0.996. The Morgan fingerprint density at radius 1 is 1.50 bits per heavy atom. The van der Waals surface area contributed by atoms with Gasteiger partial charge in [0, 0.05) is 4.43 Å². The molecule has 0 amide bonds. The van der Waals surface area contributed by atoms with Crippen LogP contribution < -0.4 is 0 Å². The van der Waals surface area contributed by atoms with E-state index in [9.17, 15) is 0 Å². The van der Waals surface area contributed by atoms with Crippen molar-refractivity contribution >= 4 is 22.6 Å². The van der Waals surface area contributed by atoms with Gasteiger partial charge in [0.25, 0.3) is 0 Å². The van der Waals surface area contributed by atoms with E-state index in [0.717, 1.165) is 22.0 Å². The van der Waals surface area contributed by atoms with Gasteiger partial charge in [-0.3, -0.25) is 0 Å². The molecular weight excluding hydrogens is 261 g/mol. The summed E-state index contributed by atoms with van der Waals surface area (Å²) in [4.78, 5) is 0. The molecule has 2 heteroatoms. The van der Waals surface area contributed by atoms with Crippen LogP contribution in [0.5, 0.6) is 0 Å². The van der Waals surface area contributed by atoms with E-state index in [-0.39, 0.29) is 0 Å². The van der Waals surface area contributed by atoms with Crippen LogP contribution >= 0.6 is 22.6 Å². The van der Waals surface area contributed by atoms with Gasteiger partial charge in [-0.25, -0.2) is 0 Å². The average Bonchev–Trinajstić information content (AvgIpc) is 2.16. The van der Waals surface area contributed by atoms with Crippen LogP contribution in [0.4, 0.5) is 0 Å². The van der Waals surface area contributed by atoms with E-state index < -0.39 is 0 Å². The SMILES string of the molecule is CCc1ccc(CI)c(C#N)c1. The first kappa shape index (κ1) is 9.53. The number of hydrogen-bond donors (Lipinski definition) is 0. The van der Waals surface area contributed by atoms with Crippen LogP contribution in [0.3, 0.4) is 0 Å². The molecule has 0 atom stereocenters. The van der Waals surface area contributed by atoms with Crippen LogP contribution in [0, 0.1) is 11.3 Å². The molecule has 0 saturated carbocycles. The summed E-state index contributed by atoms with van der Waals surface area (Å²) in [6.45, 7) is 2.10. The molecule has 0 unspecified atom stereocenters. The van der Waals surface area contributed by atoms with E-state index in [4.69, 9.17) is 5.26 Å². The normalized spacial score (nSPS) is 9.42. The summed E-state index contributed by atoms with van der Waals surface area (Å²) in [5.74, 6) is 0. The van der Waals surface area contributed by atoms with Gasteiger partial charge in [0.05, 0.1) is 11.6 Å². The summed E-state index contributed by atoms with van der Waals surface area (Å²) in [6, 6.07) is 8.33. The Kier molecular flexibility index (Phi) is 3.54. The van der Waals surface area contributed by atoms with Gasteiger partial charge in [0.1, 0.15) is 0 Å². The number of alkyl halides is 1. The molecule has 1 aromatic carbocycles. The third kappa shape index (κ3) is 1.98. The number of hydrogen-bond acceptors (Lipinski definition) is 1. The first-order valence-corrected chi connectivity index (χ1v) is 5.42. The highest BCUT2D eigenvalue weighted by Gasteiger charge is 2.00. The number of nitriles is 1. The zero-order valence-corrected chi connectivity index (χ0v) is 9.13. The summed E-state index contributed by atoms with van der Waals surface area (Å²) in [5.41, 5.74) is 3.19. The van der Waals surface area contributed by atoms with Gasteiger partial charge in [-0.05, 0) is 23.6 Å². The third-order valence-corrected chi connectivity index (χ3v) is 2.67. The highest BCUT2D eigenvalue weighted by molar-refractivity contribution is 14.1. The van der Waals surface area contributed by atoms with E-state index in [2.05, 4.69) is 41.7 Å². The largest absolute Gasteiger partial charge is 0.192 e. The number of benzene rings is 1. The Morgan fingerprint density at radius 3 is 2.75 bits per heavy atom. The van der Waals surface area contributed by atoms with E-state index in [1.807, 2.05) is 12.1 Å². The topological polar surface area (TPSA) is 23.8 Å². The number of rotatable bonds is 2. The molecule has 0 bridgehead atoms. The zero-order chi connectivity index (χ0) is 8.97. The Morgan fingerprint density at radius 2 is 2.25 bits per heavy atom. The minimum atomic E-state index is 0.823. The van der Waals surface area contributed by atoms with E-state index in [0.29, 0.717) is 0 Å². The predicted octanol–water partition coefficient (Wildman–Crippen LogP) is 3.06. The van der Waals surface area contributed by atoms with Crippen molar-refractivity contribution in [1.82, 2.24) is 0 Å². The van der Waals surface area contributed by atoms with E-state index in [1.165, 1.54) is 5.56 Å². The number of aryl methyl sites for hydroxylation is 1. The van der Waals surface area contributed by atoms with Gasteiger partial charge < -0.3 is 0 Å². The lowest BCUT2D eigenvalue weighted by Gasteiger charge is -2.01. The van der Waals surface area contributed by atoms with Gasteiger partial charge in [-0.2, -0.15) is 5.26 Å². The highest BCUT2D eigenvalue weighted by atomic mass is 127. The fourth-order valence-corrected chi connectivity index (χ4v) is 1.73. The predicted molar refractivity (Wildman–Crippen MR) is 58.3 cm³/mol. The molecule has 0 radical (unpaired) electrons. The Hall–Kier alpha value is -0.560. The van der Waals surface area contributed by atoms with Gasteiger partial charge >= 0.3 is 0 Å². The van der Waals surface area contributed by atoms with Crippen molar-refractivity contribution in [3.63, 3.8) is 0 Å². The maximum Gasteiger partial charge on any atom is 0.0994 e. The van der Waals surface area contributed by atoms with Crippen LogP contribution in [0.25, 0.3) is 0 Å². The molecule has 0 aliphatic heterocycles. The lowest BCUT2D eigenvalue weighted by Crippen LogP contribution is -1.88. The summed E-state index contributed by atoms with van der Waals surface area (Å²) in [5, 5.41) is 8.82. The Labute approximate surface area is 86.5 Å². The van der Waals surface area contributed by atoms with Crippen LogP contribution in [0.15, 0.2) is 18.2 Å². The van der Waals surface area contributed by atoms with Crippen molar-refractivity contribution in [2.24, 2.45) is 0 Å². The minimum absolute atomic E-state index is 0.823. The minimum Gasteiger partial charge on any atom is -0.192 e. The van der Waals surface area contributed by atoms with Crippen molar-refractivity contribution in [3.8, 4) is 6.07 Å². The molecule has 0 spiro atoms. The second-order valence-electron chi connectivity index (χ2n) is 2.59. The Balaban J connectivity index is 3.13. The molecule has 0 aliphatic carbocycles. The second kappa shape index (κ2) is 4.46. The van der Waals surface area contributed by atoms with Crippen LogP contribution in [0.2, 0.25) is 0 Å². The molecule has 0 heterocycles. The fraction of sp³-hybridized carbons (Fsp3) is 0.300.